The lowest BCUT2D eigenvalue weighted by molar-refractivity contribution is 0.0952. The van der Waals surface area contributed by atoms with E-state index in [4.69, 9.17) is 16.3 Å². The van der Waals surface area contributed by atoms with E-state index in [9.17, 15) is 9.59 Å². The van der Waals surface area contributed by atoms with Gasteiger partial charge in [-0.15, -0.1) is 0 Å². The molecule has 0 bridgehead atoms. The van der Waals surface area contributed by atoms with Crippen LogP contribution in [0, 0.1) is 0 Å². The molecule has 1 heterocycles. The Morgan fingerprint density at radius 2 is 2.32 bits per heavy atom. The first-order chi connectivity index (χ1) is 9.16. The van der Waals surface area contributed by atoms with Crippen molar-refractivity contribution in [3.05, 3.63) is 34.9 Å². The zero-order valence-corrected chi connectivity index (χ0v) is 11.2. The molecule has 1 aromatic carbocycles. The van der Waals surface area contributed by atoms with E-state index in [0.717, 1.165) is 0 Å². The maximum absolute atomic E-state index is 11.8. The second-order valence-electron chi connectivity index (χ2n) is 4.22. The van der Waals surface area contributed by atoms with Crippen LogP contribution < -0.4 is 5.32 Å². The van der Waals surface area contributed by atoms with Gasteiger partial charge < -0.3 is 15.0 Å². The van der Waals surface area contributed by atoms with Crippen molar-refractivity contribution in [1.29, 1.82) is 0 Å². The van der Waals surface area contributed by atoms with Crippen molar-refractivity contribution in [1.82, 2.24) is 10.2 Å². The first-order valence-electron chi connectivity index (χ1n) is 6.12. The van der Waals surface area contributed by atoms with Gasteiger partial charge in [0.2, 0.25) is 0 Å². The predicted octanol–water partition coefficient (Wildman–Crippen LogP) is 1.91. The van der Waals surface area contributed by atoms with Gasteiger partial charge in [-0.3, -0.25) is 4.79 Å². The van der Waals surface area contributed by atoms with Crippen LogP contribution in [0.5, 0.6) is 0 Å². The minimum absolute atomic E-state index is 0.161. The maximum Gasteiger partial charge on any atom is 0.409 e. The van der Waals surface area contributed by atoms with Gasteiger partial charge in [0.1, 0.15) is 6.61 Å². The molecule has 1 aromatic rings. The molecule has 1 aliphatic heterocycles. The summed E-state index contributed by atoms with van der Waals surface area (Å²) in [6.07, 6.45) is 0.419. The average Bonchev–Trinajstić information content (AvgIpc) is 2.80. The second kappa shape index (κ2) is 6.43. The molecule has 19 heavy (non-hydrogen) atoms. The topological polar surface area (TPSA) is 58.6 Å². The lowest BCUT2D eigenvalue weighted by Crippen LogP contribution is -2.30. The minimum atomic E-state index is -0.277. The van der Waals surface area contributed by atoms with Crippen LogP contribution in [0.3, 0.4) is 0 Å². The van der Waals surface area contributed by atoms with Crippen LogP contribution in [-0.2, 0) is 4.74 Å². The molecule has 0 radical (unpaired) electrons. The SMILES string of the molecule is O=C(NCCCN1CCOC1=O)c1cccc(Cl)c1. The Kier molecular flexibility index (Phi) is 4.63. The standard InChI is InChI=1S/C13H15ClN2O3/c14-11-4-1-3-10(9-11)12(17)15-5-2-6-16-7-8-19-13(16)18/h1,3-4,9H,2,5-8H2,(H,15,17). The van der Waals surface area contributed by atoms with Gasteiger partial charge >= 0.3 is 6.09 Å². The van der Waals surface area contributed by atoms with Crippen molar-refractivity contribution in [2.75, 3.05) is 26.2 Å². The van der Waals surface area contributed by atoms with Crippen molar-refractivity contribution < 1.29 is 14.3 Å². The van der Waals surface area contributed by atoms with Gasteiger partial charge in [-0.2, -0.15) is 0 Å². The van der Waals surface area contributed by atoms with E-state index in [1.54, 1.807) is 29.2 Å². The number of amides is 2. The largest absolute Gasteiger partial charge is 0.448 e. The predicted molar refractivity (Wildman–Crippen MR) is 71.3 cm³/mol. The number of halogens is 1. The number of ether oxygens (including phenoxy) is 1. The van der Waals surface area contributed by atoms with E-state index in [2.05, 4.69) is 5.32 Å². The molecule has 1 fully saturated rings. The highest BCUT2D eigenvalue weighted by molar-refractivity contribution is 6.30. The quantitative estimate of drug-likeness (QED) is 0.839. The minimum Gasteiger partial charge on any atom is -0.448 e. The molecule has 1 N–H and O–H groups in total. The summed E-state index contributed by atoms with van der Waals surface area (Å²) in [4.78, 5) is 24.6. The molecular formula is C13H15ClN2O3. The van der Waals surface area contributed by atoms with Crippen LogP contribution >= 0.6 is 11.6 Å². The lowest BCUT2D eigenvalue weighted by atomic mass is 10.2. The summed E-state index contributed by atoms with van der Waals surface area (Å²) in [5.74, 6) is -0.161. The number of hydrogen-bond donors (Lipinski definition) is 1. The number of cyclic esters (lactones) is 1. The summed E-state index contributed by atoms with van der Waals surface area (Å²) in [5.41, 5.74) is 0.535. The zero-order chi connectivity index (χ0) is 13.7. The Hall–Kier alpha value is -1.75. The van der Waals surface area contributed by atoms with Crippen molar-refractivity contribution in [2.24, 2.45) is 0 Å². The Labute approximate surface area is 116 Å². The number of nitrogens with one attached hydrogen (secondary N) is 1. The molecule has 0 unspecified atom stereocenters. The fraction of sp³-hybridized carbons (Fsp3) is 0.385. The van der Waals surface area contributed by atoms with Gasteiger partial charge in [-0.05, 0) is 24.6 Å². The third kappa shape index (κ3) is 3.86. The van der Waals surface area contributed by atoms with Crippen LogP contribution in [0.2, 0.25) is 5.02 Å². The molecule has 0 aliphatic carbocycles. The molecule has 102 valence electrons. The number of hydrogen-bond acceptors (Lipinski definition) is 3. The summed E-state index contributed by atoms with van der Waals surface area (Å²) in [6.45, 7) is 2.18. The van der Waals surface area contributed by atoms with Crippen LogP contribution in [0.4, 0.5) is 4.79 Å². The first-order valence-corrected chi connectivity index (χ1v) is 6.50. The normalized spacial score (nSPS) is 14.4. The number of benzene rings is 1. The highest BCUT2D eigenvalue weighted by atomic mass is 35.5. The van der Waals surface area contributed by atoms with Gasteiger partial charge in [-0.25, -0.2) is 4.79 Å². The van der Waals surface area contributed by atoms with E-state index in [1.165, 1.54) is 0 Å². The molecule has 0 spiro atoms. The maximum atomic E-state index is 11.8. The highest BCUT2D eigenvalue weighted by Gasteiger charge is 2.20. The third-order valence-electron chi connectivity index (χ3n) is 2.82. The molecule has 1 saturated heterocycles. The molecule has 1 aliphatic rings. The molecule has 2 rings (SSSR count). The van der Waals surface area contributed by atoms with Crippen molar-refractivity contribution in [3.63, 3.8) is 0 Å². The van der Waals surface area contributed by atoms with Crippen LogP contribution in [-0.4, -0.2) is 43.1 Å². The smallest absolute Gasteiger partial charge is 0.409 e. The van der Waals surface area contributed by atoms with Crippen LogP contribution in [0.1, 0.15) is 16.8 Å². The summed E-state index contributed by atoms with van der Waals surface area (Å²) < 4.78 is 4.81. The number of nitrogens with zero attached hydrogens (tertiary/aromatic N) is 1. The molecule has 0 saturated carbocycles. The Bertz CT molecular complexity index is 479. The van der Waals surface area contributed by atoms with Crippen molar-refractivity contribution in [2.45, 2.75) is 6.42 Å². The van der Waals surface area contributed by atoms with E-state index in [1.807, 2.05) is 0 Å². The van der Waals surface area contributed by atoms with Gasteiger partial charge in [0.05, 0.1) is 6.54 Å². The zero-order valence-electron chi connectivity index (χ0n) is 10.4. The summed E-state index contributed by atoms with van der Waals surface area (Å²) in [7, 11) is 0. The molecule has 5 nitrogen and oxygen atoms in total. The summed E-state index contributed by atoms with van der Waals surface area (Å²) in [6, 6.07) is 6.78. The van der Waals surface area contributed by atoms with E-state index in [0.29, 0.717) is 43.2 Å². The van der Waals surface area contributed by atoms with Crippen LogP contribution in [0.15, 0.2) is 24.3 Å². The molecular weight excluding hydrogens is 268 g/mol. The van der Waals surface area contributed by atoms with Gasteiger partial charge in [-0.1, -0.05) is 17.7 Å². The number of carbonyl (C=O) groups excluding carboxylic acids is 2. The highest BCUT2D eigenvalue weighted by Crippen LogP contribution is 2.10. The van der Waals surface area contributed by atoms with E-state index in [-0.39, 0.29) is 12.0 Å². The Morgan fingerprint density at radius 3 is 3.00 bits per heavy atom. The van der Waals surface area contributed by atoms with Gasteiger partial charge in [0.25, 0.3) is 5.91 Å². The van der Waals surface area contributed by atoms with Crippen molar-refractivity contribution >= 4 is 23.6 Å². The monoisotopic (exact) mass is 282 g/mol. The number of rotatable bonds is 5. The fourth-order valence-electron chi connectivity index (χ4n) is 1.83. The van der Waals surface area contributed by atoms with Gasteiger partial charge in [0, 0.05) is 23.7 Å². The lowest BCUT2D eigenvalue weighted by Gasteiger charge is -2.12. The summed E-state index contributed by atoms with van der Waals surface area (Å²) >= 11 is 5.81. The molecule has 0 atom stereocenters. The molecule has 6 heteroatoms. The Morgan fingerprint density at radius 1 is 1.47 bits per heavy atom. The number of carbonyl (C=O) groups is 2. The fourth-order valence-corrected chi connectivity index (χ4v) is 2.02. The van der Waals surface area contributed by atoms with Crippen LogP contribution in [0.25, 0.3) is 0 Å². The average molecular weight is 283 g/mol. The van der Waals surface area contributed by atoms with Gasteiger partial charge in [0.15, 0.2) is 0 Å². The van der Waals surface area contributed by atoms with Crippen molar-refractivity contribution in [3.8, 4) is 0 Å². The summed E-state index contributed by atoms with van der Waals surface area (Å²) in [5, 5.41) is 3.32. The van der Waals surface area contributed by atoms with E-state index >= 15 is 0 Å². The second-order valence-corrected chi connectivity index (χ2v) is 4.66. The Balaban J connectivity index is 1.71. The molecule has 0 aromatic heterocycles. The van der Waals surface area contributed by atoms with E-state index < -0.39 is 0 Å². The first kappa shape index (κ1) is 13.7. The third-order valence-corrected chi connectivity index (χ3v) is 3.06. The molecule has 2 amide bonds.